The molecule has 8 nitrogen and oxygen atoms in total. The second-order valence-electron chi connectivity index (χ2n) is 9.48. The molecule has 0 aliphatic carbocycles. The Balaban J connectivity index is 1.47. The van der Waals surface area contributed by atoms with Crippen molar-refractivity contribution in [1.82, 2.24) is 14.8 Å². The number of aromatic nitrogens is 3. The van der Waals surface area contributed by atoms with Crippen LogP contribution in [0.1, 0.15) is 22.9 Å². The third-order valence-corrected chi connectivity index (χ3v) is 7.30. The van der Waals surface area contributed by atoms with Gasteiger partial charge in [0.05, 0.1) is 30.2 Å². The molecule has 5 aromatic rings. The number of fused-ring (bicyclic) bond motifs is 4. The van der Waals surface area contributed by atoms with E-state index in [1.165, 1.54) is 0 Å². The van der Waals surface area contributed by atoms with Gasteiger partial charge in [-0.05, 0) is 73.2 Å². The molecule has 4 heterocycles. The largest absolute Gasteiger partial charge is 0.497 e. The quantitative estimate of drug-likeness (QED) is 0.262. The molecule has 1 atom stereocenters. The van der Waals surface area contributed by atoms with Crippen molar-refractivity contribution >= 4 is 46.2 Å². The number of rotatable bonds is 4. The SMILES string of the molecule is COc1ccc(NC2=Nc3ccccc3N3C2=Nc2c(c(C)nn2-c2ccccn2)[C@H]3c2ccc(Cl)cc2)cc1. The van der Waals surface area contributed by atoms with E-state index in [9.17, 15) is 0 Å². The third kappa shape index (κ3) is 4.01. The molecular formula is C31H24ClN7O. The summed E-state index contributed by atoms with van der Waals surface area (Å²) in [7, 11) is 1.65. The topological polar surface area (TPSA) is 79.9 Å². The average Bonchev–Trinajstić information content (AvgIpc) is 3.33. The zero-order valence-corrected chi connectivity index (χ0v) is 22.5. The second-order valence-corrected chi connectivity index (χ2v) is 9.92. The Morgan fingerprint density at radius 1 is 0.875 bits per heavy atom. The van der Waals surface area contributed by atoms with Crippen LogP contribution in [-0.2, 0) is 0 Å². The number of halogens is 1. The molecule has 1 N–H and O–H groups in total. The first-order chi connectivity index (χ1) is 19.6. The molecule has 9 heteroatoms. The number of hydrogen-bond donors (Lipinski definition) is 1. The molecule has 196 valence electrons. The van der Waals surface area contributed by atoms with E-state index in [0.717, 1.165) is 39.6 Å². The van der Waals surface area contributed by atoms with Crippen LogP contribution >= 0.6 is 11.6 Å². The number of anilines is 2. The number of benzene rings is 3. The van der Waals surface area contributed by atoms with Gasteiger partial charge in [0.25, 0.3) is 0 Å². The van der Waals surface area contributed by atoms with Crippen LogP contribution < -0.4 is 15.0 Å². The first-order valence-corrected chi connectivity index (χ1v) is 13.2. The highest BCUT2D eigenvalue weighted by atomic mass is 35.5. The van der Waals surface area contributed by atoms with Crippen LogP contribution in [0.5, 0.6) is 5.75 Å². The third-order valence-electron chi connectivity index (χ3n) is 7.04. The van der Waals surface area contributed by atoms with Gasteiger partial charge >= 0.3 is 0 Å². The zero-order chi connectivity index (χ0) is 27.2. The molecule has 3 aromatic carbocycles. The highest BCUT2D eigenvalue weighted by Crippen LogP contribution is 2.48. The van der Waals surface area contributed by atoms with E-state index in [-0.39, 0.29) is 6.04 Å². The molecule has 40 heavy (non-hydrogen) atoms. The van der Waals surface area contributed by atoms with Gasteiger partial charge < -0.3 is 15.0 Å². The Hall–Kier alpha value is -4.95. The predicted octanol–water partition coefficient (Wildman–Crippen LogP) is 7.03. The number of pyridine rings is 1. The van der Waals surface area contributed by atoms with E-state index < -0.39 is 0 Å². The number of para-hydroxylation sites is 2. The van der Waals surface area contributed by atoms with Crippen molar-refractivity contribution in [3.05, 3.63) is 119 Å². The normalized spacial score (nSPS) is 15.4. The lowest BCUT2D eigenvalue weighted by atomic mass is 9.93. The van der Waals surface area contributed by atoms with E-state index in [1.54, 1.807) is 13.3 Å². The van der Waals surface area contributed by atoms with Crippen molar-refractivity contribution in [1.29, 1.82) is 0 Å². The van der Waals surface area contributed by atoms with Gasteiger partial charge in [0.1, 0.15) is 5.75 Å². The molecule has 0 saturated heterocycles. The molecule has 0 bridgehead atoms. The lowest BCUT2D eigenvalue weighted by Crippen LogP contribution is -2.46. The number of nitrogens with one attached hydrogen (secondary N) is 1. The van der Waals surface area contributed by atoms with E-state index in [1.807, 2.05) is 84.4 Å². The van der Waals surface area contributed by atoms with Crippen molar-refractivity contribution in [3.63, 3.8) is 0 Å². The van der Waals surface area contributed by atoms with Crippen LogP contribution in [0.4, 0.5) is 22.9 Å². The van der Waals surface area contributed by atoms with E-state index in [4.69, 9.17) is 31.4 Å². The highest BCUT2D eigenvalue weighted by molar-refractivity contribution is 6.51. The standard InChI is InChI=1S/C31H24ClN7O/c1-19-27-28(20-10-12-21(32)13-11-20)38-25-8-4-3-7-24(25)35-29(34-22-14-16-23(40-2)17-15-22)31(38)36-30(27)39(37-19)26-9-5-6-18-33-26/h3-18,28H,1-2H3,(H,34,35)/t28-/m1/s1. The van der Waals surface area contributed by atoms with Crippen molar-refractivity contribution in [2.45, 2.75) is 13.0 Å². The van der Waals surface area contributed by atoms with E-state index >= 15 is 0 Å². The Morgan fingerprint density at radius 3 is 2.40 bits per heavy atom. The summed E-state index contributed by atoms with van der Waals surface area (Å²) < 4.78 is 7.15. The Bertz CT molecular complexity index is 1780. The van der Waals surface area contributed by atoms with Gasteiger partial charge in [0.2, 0.25) is 0 Å². The molecule has 0 radical (unpaired) electrons. The van der Waals surface area contributed by atoms with Gasteiger partial charge in [0.15, 0.2) is 23.3 Å². The summed E-state index contributed by atoms with van der Waals surface area (Å²) in [4.78, 5) is 17.1. The van der Waals surface area contributed by atoms with Gasteiger partial charge in [0, 0.05) is 22.5 Å². The van der Waals surface area contributed by atoms with Crippen LogP contribution in [0.2, 0.25) is 5.02 Å². The fourth-order valence-electron chi connectivity index (χ4n) is 5.21. The molecule has 2 aromatic heterocycles. The predicted molar refractivity (Wildman–Crippen MR) is 159 cm³/mol. The Morgan fingerprint density at radius 2 is 1.65 bits per heavy atom. The average molecular weight is 546 g/mol. The van der Waals surface area contributed by atoms with Crippen molar-refractivity contribution in [2.75, 3.05) is 17.3 Å². The summed E-state index contributed by atoms with van der Waals surface area (Å²) in [5.41, 5.74) is 5.59. The van der Waals surface area contributed by atoms with Gasteiger partial charge in [-0.3, -0.25) is 0 Å². The summed E-state index contributed by atoms with van der Waals surface area (Å²) in [6.07, 6.45) is 1.76. The molecule has 2 aliphatic rings. The second kappa shape index (κ2) is 9.66. The molecule has 2 aliphatic heterocycles. The summed E-state index contributed by atoms with van der Waals surface area (Å²) in [5.74, 6) is 3.49. The van der Waals surface area contributed by atoms with Gasteiger partial charge in [-0.25, -0.2) is 15.0 Å². The minimum atomic E-state index is -0.235. The number of hydrogen-bond acceptors (Lipinski definition) is 7. The number of methoxy groups -OCH3 is 1. The van der Waals surface area contributed by atoms with Crippen molar-refractivity contribution in [2.24, 2.45) is 9.98 Å². The van der Waals surface area contributed by atoms with E-state index in [0.29, 0.717) is 28.3 Å². The summed E-state index contributed by atoms with van der Waals surface area (Å²) in [6, 6.07) is 29.3. The monoisotopic (exact) mass is 545 g/mol. The van der Waals surface area contributed by atoms with Crippen LogP contribution in [0.15, 0.2) is 107 Å². The first-order valence-electron chi connectivity index (χ1n) is 12.8. The maximum absolute atomic E-state index is 6.32. The van der Waals surface area contributed by atoms with Gasteiger partial charge in [-0.1, -0.05) is 41.9 Å². The van der Waals surface area contributed by atoms with Gasteiger partial charge in [-0.2, -0.15) is 9.78 Å². The number of aliphatic imine (C=N–C) groups is 2. The molecular weight excluding hydrogens is 522 g/mol. The lowest BCUT2D eigenvalue weighted by Gasteiger charge is -2.40. The summed E-state index contributed by atoms with van der Waals surface area (Å²) in [5, 5.41) is 9.10. The summed E-state index contributed by atoms with van der Waals surface area (Å²) in [6.45, 7) is 2.02. The first kappa shape index (κ1) is 24.1. The fraction of sp³-hybridized carbons (Fsp3) is 0.0968. The molecule has 0 saturated carbocycles. The molecule has 0 spiro atoms. The van der Waals surface area contributed by atoms with Crippen LogP contribution in [-0.4, -0.2) is 33.5 Å². The maximum Gasteiger partial charge on any atom is 0.179 e. The van der Waals surface area contributed by atoms with Crippen molar-refractivity contribution in [3.8, 4) is 11.6 Å². The van der Waals surface area contributed by atoms with E-state index in [2.05, 4.69) is 33.4 Å². The number of ether oxygens (including phenoxy) is 1. The Kier molecular flexibility index (Phi) is 5.82. The minimum Gasteiger partial charge on any atom is -0.497 e. The smallest absolute Gasteiger partial charge is 0.179 e. The minimum absolute atomic E-state index is 0.235. The number of amidine groups is 2. The van der Waals surface area contributed by atoms with Crippen LogP contribution in [0.3, 0.4) is 0 Å². The zero-order valence-electron chi connectivity index (χ0n) is 21.8. The highest BCUT2D eigenvalue weighted by Gasteiger charge is 2.41. The van der Waals surface area contributed by atoms with Crippen molar-refractivity contribution < 1.29 is 4.74 Å². The molecule has 0 fully saturated rings. The van der Waals surface area contributed by atoms with Crippen LogP contribution in [0.25, 0.3) is 5.82 Å². The molecule has 0 amide bonds. The Labute approximate surface area is 236 Å². The number of nitrogens with zero attached hydrogens (tertiary/aromatic N) is 6. The van der Waals surface area contributed by atoms with Gasteiger partial charge in [-0.15, -0.1) is 0 Å². The maximum atomic E-state index is 6.32. The number of aryl methyl sites for hydroxylation is 1. The fourth-order valence-corrected chi connectivity index (χ4v) is 5.33. The lowest BCUT2D eigenvalue weighted by molar-refractivity contribution is 0.415. The summed E-state index contributed by atoms with van der Waals surface area (Å²) >= 11 is 6.32. The molecule has 0 unspecified atom stereocenters. The van der Waals surface area contributed by atoms with Crippen LogP contribution in [0, 0.1) is 6.92 Å². The molecule has 7 rings (SSSR count).